The second kappa shape index (κ2) is 8.17. The number of ether oxygens (including phenoxy) is 1. The zero-order chi connectivity index (χ0) is 18.5. The Morgan fingerprint density at radius 3 is 1.77 bits per heavy atom. The highest BCUT2D eigenvalue weighted by Crippen LogP contribution is 2.21. The highest BCUT2D eigenvalue weighted by atomic mass is 35.5. The van der Waals surface area contributed by atoms with Crippen molar-refractivity contribution in [1.82, 2.24) is 0 Å². The highest BCUT2D eigenvalue weighted by molar-refractivity contribution is 6.52. The lowest BCUT2D eigenvalue weighted by atomic mass is 10.0. The van der Waals surface area contributed by atoms with Crippen molar-refractivity contribution in [1.29, 1.82) is 0 Å². The van der Waals surface area contributed by atoms with Gasteiger partial charge in [-0.05, 0) is 60.7 Å². The number of nitrogens with zero attached hydrogens (tertiary/aromatic N) is 1. The average molecular weight is 384 g/mol. The summed E-state index contributed by atoms with van der Waals surface area (Å²) in [5, 5.41) is 1.16. The van der Waals surface area contributed by atoms with Gasteiger partial charge in [-0.15, -0.1) is 0 Å². The second-order valence-electron chi connectivity index (χ2n) is 5.50. The van der Waals surface area contributed by atoms with E-state index in [1.807, 2.05) is 0 Å². The van der Waals surface area contributed by atoms with Crippen LogP contribution in [0.15, 0.2) is 77.8 Å². The zero-order valence-electron chi connectivity index (χ0n) is 13.9. The molecular formula is C21H15Cl2NO2. The second-order valence-corrected chi connectivity index (χ2v) is 6.37. The van der Waals surface area contributed by atoms with E-state index in [2.05, 4.69) is 4.99 Å². The summed E-state index contributed by atoms with van der Waals surface area (Å²) in [6.07, 6.45) is 0. The van der Waals surface area contributed by atoms with Gasteiger partial charge < -0.3 is 4.74 Å². The van der Waals surface area contributed by atoms with Crippen LogP contribution >= 0.6 is 23.2 Å². The standard InChI is InChI=1S/C21H15Cl2NO2/c1-26-19-12-10-18(11-13-19)24-20(14-2-6-16(22)7-3-14)21(25)15-4-8-17(23)9-5-15/h2-13H,1H3. The van der Waals surface area contributed by atoms with Crippen LogP contribution in [0.4, 0.5) is 5.69 Å². The van der Waals surface area contributed by atoms with Crippen molar-refractivity contribution < 1.29 is 9.53 Å². The number of Topliss-reactive ketones (excluding diaryl/α,β-unsaturated/α-hetero) is 1. The molecule has 3 rings (SSSR count). The molecule has 0 aliphatic carbocycles. The van der Waals surface area contributed by atoms with Crippen molar-refractivity contribution in [2.45, 2.75) is 0 Å². The molecule has 0 saturated carbocycles. The molecule has 130 valence electrons. The van der Waals surface area contributed by atoms with Gasteiger partial charge in [-0.3, -0.25) is 4.79 Å². The summed E-state index contributed by atoms with van der Waals surface area (Å²) in [4.78, 5) is 17.6. The Labute approximate surface area is 161 Å². The molecule has 0 amide bonds. The van der Waals surface area contributed by atoms with E-state index in [0.717, 1.165) is 5.75 Å². The summed E-state index contributed by atoms with van der Waals surface area (Å²) >= 11 is 11.9. The SMILES string of the molecule is COc1ccc(N=C(C(=O)c2ccc(Cl)cc2)c2ccc(Cl)cc2)cc1. The third kappa shape index (κ3) is 4.31. The maximum atomic E-state index is 13.0. The van der Waals surface area contributed by atoms with Crippen molar-refractivity contribution >= 4 is 40.4 Å². The number of carbonyl (C=O) groups excluding carboxylic acids is 1. The Morgan fingerprint density at radius 1 is 0.769 bits per heavy atom. The van der Waals surface area contributed by atoms with Crippen LogP contribution in [0.25, 0.3) is 0 Å². The molecule has 0 heterocycles. The van der Waals surface area contributed by atoms with Crippen LogP contribution in [0.2, 0.25) is 10.0 Å². The van der Waals surface area contributed by atoms with E-state index in [1.54, 1.807) is 79.9 Å². The van der Waals surface area contributed by atoms with E-state index in [4.69, 9.17) is 27.9 Å². The van der Waals surface area contributed by atoms with Gasteiger partial charge in [0.25, 0.3) is 0 Å². The van der Waals surface area contributed by atoms with Crippen molar-refractivity contribution in [3.8, 4) is 5.75 Å². The normalized spacial score (nSPS) is 11.3. The summed E-state index contributed by atoms with van der Waals surface area (Å²) < 4.78 is 5.16. The van der Waals surface area contributed by atoms with Crippen molar-refractivity contribution in [2.75, 3.05) is 7.11 Å². The van der Waals surface area contributed by atoms with Gasteiger partial charge in [0.1, 0.15) is 11.5 Å². The monoisotopic (exact) mass is 383 g/mol. The lowest BCUT2D eigenvalue weighted by molar-refractivity contribution is 0.106. The van der Waals surface area contributed by atoms with Crippen LogP contribution in [-0.2, 0) is 0 Å². The first-order chi connectivity index (χ1) is 12.6. The highest BCUT2D eigenvalue weighted by Gasteiger charge is 2.17. The van der Waals surface area contributed by atoms with Gasteiger partial charge >= 0.3 is 0 Å². The molecule has 0 unspecified atom stereocenters. The fourth-order valence-corrected chi connectivity index (χ4v) is 2.63. The molecule has 0 N–H and O–H groups in total. The quantitative estimate of drug-likeness (QED) is 0.399. The first-order valence-electron chi connectivity index (χ1n) is 7.86. The first kappa shape index (κ1) is 18.2. The van der Waals surface area contributed by atoms with Gasteiger partial charge in [-0.2, -0.15) is 0 Å². The predicted molar refractivity (Wildman–Crippen MR) is 106 cm³/mol. The van der Waals surface area contributed by atoms with Gasteiger partial charge in [0.05, 0.1) is 12.8 Å². The zero-order valence-corrected chi connectivity index (χ0v) is 15.5. The van der Waals surface area contributed by atoms with Crippen molar-refractivity contribution in [3.63, 3.8) is 0 Å². The summed E-state index contributed by atoms with van der Waals surface area (Å²) in [7, 11) is 1.60. The molecular weight excluding hydrogens is 369 g/mol. The molecule has 0 atom stereocenters. The maximum absolute atomic E-state index is 13.0. The van der Waals surface area contributed by atoms with E-state index in [1.165, 1.54) is 0 Å². The summed E-state index contributed by atoms with van der Waals surface area (Å²) in [6.45, 7) is 0. The molecule has 3 nitrogen and oxygen atoms in total. The van der Waals surface area contributed by atoms with Crippen LogP contribution in [-0.4, -0.2) is 18.6 Å². The molecule has 0 aromatic heterocycles. The molecule has 0 bridgehead atoms. The number of aliphatic imine (C=N–C) groups is 1. The molecule has 3 aromatic rings. The molecule has 26 heavy (non-hydrogen) atoms. The number of methoxy groups -OCH3 is 1. The lowest BCUT2D eigenvalue weighted by Gasteiger charge is -2.08. The first-order valence-corrected chi connectivity index (χ1v) is 8.61. The minimum absolute atomic E-state index is 0.195. The van der Waals surface area contributed by atoms with Crippen LogP contribution in [0.3, 0.4) is 0 Å². The number of halogens is 2. The van der Waals surface area contributed by atoms with E-state index in [-0.39, 0.29) is 5.78 Å². The fourth-order valence-electron chi connectivity index (χ4n) is 2.38. The lowest BCUT2D eigenvalue weighted by Crippen LogP contribution is -2.15. The minimum Gasteiger partial charge on any atom is -0.497 e. The number of rotatable bonds is 5. The summed E-state index contributed by atoms with van der Waals surface area (Å²) in [6, 6.07) is 20.9. The minimum atomic E-state index is -0.195. The van der Waals surface area contributed by atoms with Gasteiger partial charge in [-0.1, -0.05) is 35.3 Å². The number of ketones is 1. The van der Waals surface area contributed by atoms with Gasteiger partial charge in [0.2, 0.25) is 5.78 Å². The largest absolute Gasteiger partial charge is 0.497 e. The fraction of sp³-hybridized carbons (Fsp3) is 0.0476. The molecule has 0 radical (unpaired) electrons. The molecule has 0 fully saturated rings. The third-order valence-electron chi connectivity index (χ3n) is 3.75. The number of hydrogen-bond acceptors (Lipinski definition) is 3. The van der Waals surface area contributed by atoms with E-state index in [0.29, 0.717) is 32.6 Å². The Morgan fingerprint density at radius 2 is 1.27 bits per heavy atom. The number of hydrogen-bond donors (Lipinski definition) is 0. The molecule has 0 spiro atoms. The number of benzene rings is 3. The van der Waals surface area contributed by atoms with Crippen LogP contribution in [0.5, 0.6) is 5.75 Å². The predicted octanol–water partition coefficient (Wildman–Crippen LogP) is 6.01. The van der Waals surface area contributed by atoms with E-state index in [9.17, 15) is 4.79 Å². The summed E-state index contributed by atoms with van der Waals surface area (Å²) in [5.74, 6) is 0.529. The van der Waals surface area contributed by atoms with Crippen molar-refractivity contribution in [2.24, 2.45) is 4.99 Å². The number of carbonyl (C=O) groups is 1. The Kier molecular flexibility index (Phi) is 5.71. The third-order valence-corrected chi connectivity index (χ3v) is 4.26. The topological polar surface area (TPSA) is 38.7 Å². The van der Waals surface area contributed by atoms with E-state index < -0.39 is 0 Å². The Balaban J connectivity index is 2.05. The average Bonchev–Trinajstić information content (AvgIpc) is 2.67. The van der Waals surface area contributed by atoms with Crippen molar-refractivity contribution in [3.05, 3.63) is 94.0 Å². The molecule has 0 aliphatic heterocycles. The Hall–Kier alpha value is -2.62. The smallest absolute Gasteiger partial charge is 0.211 e. The van der Waals surface area contributed by atoms with Crippen LogP contribution in [0, 0.1) is 0 Å². The van der Waals surface area contributed by atoms with Crippen LogP contribution < -0.4 is 4.74 Å². The van der Waals surface area contributed by atoms with Crippen LogP contribution in [0.1, 0.15) is 15.9 Å². The molecule has 5 heteroatoms. The van der Waals surface area contributed by atoms with Gasteiger partial charge in [-0.25, -0.2) is 4.99 Å². The van der Waals surface area contributed by atoms with E-state index >= 15 is 0 Å². The van der Waals surface area contributed by atoms with Gasteiger partial charge in [0, 0.05) is 21.2 Å². The van der Waals surface area contributed by atoms with Gasteiger partial charge in [0.15, 0.2) is 0 Å². The molecule has 0 saturated heterocycles. The summed E-state index contributed by atoms with van der Waals surface area (Å²) in [5.41, 5.74) is 2.17. The maximum Gasteiger partial charge on any atom is 0.211 e. The molecule has 3 aromatic carbocycles. The molecule has 0 aliphatic rings. The Bertz CT molecular complexity index is 931.